The Morgan fingerprint density at radius 2 is 0.639 bits per heavy atom. The van der Waals surface area contributed by atoms with E-state index in [9.17, 15) is 36.2 Å². The fourth-order valence-electron chi connectivity index (χ4n) is 7.35. The van der Waals surface area contributed by atoms with E-state index in [4.69, 9.17) is 14.2 Å². The molecule has 0 saturated heterocycles. The first kappa shape index (κ1) is 58.2. The number of ether oxygens (including phenoxy) is 3. The summed E-state index contributed by atoms with van der Waals surface area (Å²) in [6, 6.07) is 2.69. The summed E-state index contributed by atoms with van der Waals surface area (Å²) in [5.74, 6) is -3.43. The SMILES string of the molecule is CCCC[N+](CCCC)(CCCC)CCCC.CCCC[N+](CCCC)(CCCC)CCCC.COc1cc(Oc2cc(OC)c(O)cc2S(=O)(=O)[O-])c(S(=O)(=O)[O-])cc1O. The first-order valence-electron chi connectivity index (χ1n) is 23.0. The molecule has 2 aromatic carbocycles. The topological polar surface area (TPSA) is 183 Å². The summed E-state index contributed by atoms with van der Waals surface area (Å²) in [4.78, 5) is -2.08. The standard InChI is InChI=1S/2C16H36N.C14H14O11S2/c2*1-5-9-13-17(14-10-6-2,15-11-7-3)16-12-8-4;1-23-9-5-11(13(3-7(9)15)26(17,18)19)25-12-6-10(24-2)8(16)4-14(12)27(20,21)22/h2*5-16H2,1-4H3;3-6,15-16H,1-2H3,(H,17,18,19)(H,20,21,22)/q2*+1;/p-2. The van der Waals surface area contributed by atoms with Gasteiger partial charge in [0.25, 0.3) is 0 Å². The third-order valence-corrected chi connectivity index (χ3v) is 12.9. The minimum Gasteiger partial charge on any atom is -0.744 e. The van der Waals surface area contributed by atoms with Crippen molar-refractivity contribution in [1.82, 2.24) is 0 Å². The van der Waals surface area contributed by atoms with Gasteiger partial charge in [0.2, 0.25) is 0 Å². The second-order valence-electron chi connectivity index (χ2n) is 16.3. The number of rotatable bonds is 30. The van der Waals surface area contributed by atoms with Crippen molar-refractivity contribution in [3.8, 4) is 34.5 Å². The zero-order chi connectivity index (χ0) is 46.5. The van der Waals surface area contributed by atoms with Crippen LogP contribution in [-0.4, -0.2) is 112 Å². The lowest BCUT2D eigenvalue weighted by molar-refractivity contribution is -0.929. The lowest BCUT2D eigenvalue weighted by atomic mass is 10.1. The Hall–Kier alpha value is -2.82. The Labute approximate surface area is 371 Å². The third-order valence-electron chi connectivity index (χ3n) is 11.1. The summed E-state index contributed by atoms with van der Waals surface area (Å²) in [5.41, 5.74) is 0. The number of aromatic hydroxyl groups is 2. The van der Waals surface area contributed by atoms with Crippen LogP contribution in [0.15, 0.2) is 34.1 Å². The third kappa shape index (κ3) is 21.9. The number of unbranched alkanes of at least 4 members (excludes halogenated alkanes) is 8. The molecule has 0 saturated carbocycles. The van der Waals surface area contributed by atoms with Crippen molar-refractivity contribution in [1.29, 1.82) is 0 Å². The molecule has 15 heteroatoms. The Bertz CT molecular complexity index is 1500. The van der Waals surface area contributed by atoms with E-state index in [0.29, 0.717) is 12.1 Å². The molecule has 356 valence electrons. The van der Waals surface area contributed by atoms with Gasteiger partial charge in [-0.2, -0.15) is 0 Å². The number of methoxy groups -OCH3 is 2. The van der Waals surface area contributed by atoms with E-state index in [2.05, 4.69) is 55.4 Å². The monoisotopic (exact) mass is 905 g/mol. The molecule has 2 N–H and O–H groups in total. The fourth-order valence-corrected chi connectivity index (χ4v) is 8.55. The Morgan fingerprint density at radius 3 is 0.803 bits per heavy atom. The van der Waals surface area contributed by atoms with Crippen LogP contribution in [0.5, 0.6) is 34.5 Å². The quantitative estimate of drug-likeness (QED) is 0.0562. The van der Waals surface area contributed by atoms with Gasteiger partial charge < -0.3 is 42.5 Å². The van der Waals surface area contributed by atoms with E-state index >= 15 is 0 Å². The van der Waals surface area contributed by atoms with Crippen molar-refractivity contribution < 1.29 is 59.3 Å². The van der Waals surface area contributed by atoms with Gasteiger partial charge in [-0.1, -0.05) is 107 Å². The molecule has 0 aliphatic carbocycles. The van der Waals surface area contributed by atoms with Crippen LogP contribution in [0.2, 0.25) is 0 Å². The number of quaternary nitrogens is 2. The maximum absolute atomic E-state index is 11.4. The number of phenols is 2. The normalized spacial score (nSPS) is 11.9. The first-order valence-corrected chi connectivity index (χ1v) is 25.8. The fraction of sp³-hybridized carbons (Fsp3) is 0.739. The molecular formula is C46H84N2O11S2. The first-order chi connectivity index (χ1) is 28.9. The van der Waals surface area contributed by atoms with Crippen molar-refractivity contribution in [2.75, 3.05) is 66.6 Å². The lowest BCUT2D eigenvalue weighted by Crippen LogP contribution is -2.50. The van der Waals surface area contributed by atoms with Gasteiger partial charge in [0.05, 0.1) is 66.6 Å². The van der Waals surface area contributed by atoms with Crippen LogP contribution in [0.1, 0.15) is 158 Å². The molecule has 0 spiro atoms. The number of phenolic OH excluding ortho intramolecular Hbond substituents is 2. The van der Waals surface area contributed by atoms with E-state index in [1.54, 1.807) is 0 Å². The van der Waals surface area contributed by atoms with E-state index in [-0.39, 0.29) is 11.5 Å². The van der Waals surface area contributed by atoms with E-state index < -0.39 is 53.0 Å². The highest BCUT2D eigenvalue weighted by Gasteiger charge is 2.26. The number of nitrogens with zero attached hydrogens (tertiary/aromatic N) is 2. The van der Waals surface area contributed by atoms with Crippen molar-refractivity contribution in [2.24, 2.45) is 0 Å². The minimum absolute atomic E-state index is 0.297. The van der Waals surface area contributed by atoms with Gasteiger partial charge >= 0.3 is 0 Å². The molecule has 61 heavy (non-hydrogen) atoms. The highest BCUT2D eigenvalue weighted by molar-refractivity contribution is 7.86. The van der Waals surface area contributed by atoms with Crippen LogP contribution in [0.3, 0.4) is 0 Å². The molecule has 0 amide bonds. The van der Waals surface area contributed by atoms with Gasteiger partial charge in [0, 0.05) is 24.3 Å². The molecule has 0 fully saturated rings. The maximum Gasteiger partial charge on any atom is 0.164 e. The van der Waals surface area contributed by atoms with Gasteiger partial charge in [0.1, 0.15) is 41.5 Å². The summed E-state index contributed by atoms with van der Waals surface area (Å²) >= 11 is 0. The summed E-state index contributed by atoms with van der Waals surface area (Å²) in [5, 5.41) is 19.3. The molecule has 0 unspecified atom stereocenters. The van der Waals surface area contributed by atoms with Gasteiger partial charge in [-0.05, 0) is 51.4 Å². The van der Waals surface area contributed by atoms with Crippen molar-refractivity contribution >= 4 is 20.2 Å². The molecule has 0 aliphatic rings. The second-order valence-corrected chi connectivity index (χ2v) is 18.9. The highest BCUT2D eigenvalue weighted by atomic mass is 32.2. The molecule has 0 aromatic heterocycles. The Morgan fingerprint density at radius 1 is 0.426 bits per heavy atom. The van der Waals surface area contributed by atoms with Crippen molar-refractivity contribution in [3.63, 3.8) is 0 Å². The zero-order valence-electron chi connectivity index (χ0n) is 39.6. The minimum atomic E-state index is -5.17. The highest BCUT2D eigenvalue weighted by Crippen LogP contribution is 2.42. The summed E-state index contributed by atoms with van der Waals surface area (Å²) in [7, 11) is -8.09. The molecule has 0 heterocycles. The van der Waals surface area contributed by atoms with Gasteiger partial charge in [-0.3, -0.25) is 0 Å². The van der Waals surface area contributed by atoms with Crippen LogP contribution in [0.25, 0.3) is 0 Å². The molecule has 0 atom stereocenters. The van der Waals surface area contributed by atoms with Crippen molar-refractivity contribution in [3.05, 3.63) is 24.3 Å². The number of hydrogen-bond donors (Lipinski definition) is 2. The zero-order valence-corrected chi connectivity index (χ0v) is 41.2. The van der Waals surface area contributed by atoms with E-state index in [0.717, 1.165) is 26.4 Å². The Balaban J connectivity index is 0.000000930. The van der Waals surface area contributed by atoms with Gasteiger partial charge in [-0.15, -0.1) is 0 Å². The smallest absolute Gasteiger partial charge is 0.164 e. The van der Waals surface area contributed by atoms with Gasteiger partial charge in [-0.25, -0.2) is 16.8 Å². The predicted octanol–water partition coefficient (Wildman–Crippen LogP) is 10.7. The summed E-state index contributed by atoms with van der Waals surface area (Å²) in [6.07, 6.45) is 22.1. The number of benzene rings is 2. The maximum atomic E-state index is 11.4. The average molecular weight is 905 g/mol. The van der Waals surface area contributed by atoms with Crippen LogP contribution in [-0.2, 0) is 20.2 Å². The number of hydrogen-bond acceptors (Lipinski definition) is 11. The van der Waals surface area contributed by atoms with Crippen LogP contribution in [0.4, 0.5) is 0 Å². The van der Waals surface area contributed by atoms with Crippen molar-refractivity contribution in [2.45, 2.75) is 168 Å². The average Bonchev–Trinajstić information content (AvgIpc) is 3.23. The van der Waals surface area contributed by atoms with E-state index in [1.807, 2.05) is 0 Å². The molecule has 2 aromatic rings. The second kappa shape index (κ2) is 31.1. The predicted molar refractivity (Wildman–Crippen MR) is 244 cm³/mol. The summed E-state index contributed by atoms with van der Waals surface area (Å²) in [6.45, 7) is 30.0. The van der Waals surface area contributed by atoms with Gasteiger partial charge in [0.15, 0.2) is 23.0 Å². The molecule has 0 bridgehead atoms. The van der Waals surface area contributed by atoms with Crippen LogP contribution in [0, 0.1) is 0 Å². The van der Waals surface area contributed by atoms with E-state index in [1.165, 1.54) is 164 Å². The largest absolute Gasteiger partial charge is 0.744 e. The summed E-state index contributed by atoms with van der Waals surface area (Å²) < 4.78 is 86.1. The van der Waals surface area contributed by atoms with Crippen LogP contribution < -0.4 is 14.2 Å². The Kier molecular flexibility index (Phi) is 29.7. The molecular weight excluding hydrogens is 821 g/mol. The lowest BCUT2D eigenvalue weighted by Gasteiger charge is -2.39. The molecule has 0 radical (unpaired) electrons. The van der Waals surface area contributed by atoms with Crippen LogP contribution >= 0.6 is 0 Å². The molecule has 0 aliphatic heterocycles. The molecule has 2 rings (SSSR count). The molecule has 13 nitrogen and oxygen atoms in total.